The van der Waals surface area contributed by atoms with Crippen molar-refractivity contribution >= 4 is 0 Å². The van der Waals surface area contributed by atoms with E-state index in [2.05, 4.69) is 46.4 Å². The van der Waals surface area contributed by atoms with Crippen LogP contribution in [0.3, 0.4) is 0 Å². The summed E-state index contributed by atoms with van der Waals surface area (Å²) in [5, 5.41) is 0. The van der Waals surface area contributed by atoms with Gasteiger partial charge in [0.15, 0.2) is 0 Å². The van der Waals surface area contributed by atoms with Crippen LogP contribution < -0.4 is 0 Å². The second-order valence-electron chi connectivity index (χ2n) is 3.39. The van der Waals surface area contributed by atoms with Crippen LogP contribution in [0.2, 0.25) is 0 Å². The molecule has 0 aromatic rings. The molecule has 0 saturated heterocycles. The summed E-state index contributed by atoms with van der Waals surface area (Å²) in [6.45, 7) is 12.6. The maximum Gasteiger partial charge on any atom is -0.0276 e. The fraction of sp³-hybridized carbons (Fsp3) is 0.538. The number of hydrogen-bond acceptors (Lipinski definition) is 0. The monoisotopic (exact) mass is 178 g/mol. The van der Waals surface area contributed by atoms with Crippen LogP contribution in [0.25, 0.3) is 0 Å². The van der Waals surface area contributed by atoms with Crippen molar-refractivity contribution in [2.24, 2.45) is 0 Å². The van der Waals surface area contributed by atoms with E-state index in [4.69, 9.17) is 0 Å². The number of rotatable bonds is 5. The average Bonchev–Trinajstić information content (AvgIpc) is 2.10. The van der Waals surface area contributed by atoms with Gasteiger partial charge < -0.3 is 0 Å². The molecule has 0 aliphatic rings. The molecule has 0 N–H and O–H groups in total. The molecule has 13 heavy (non-hydrogen) atoms. The Hall–Kier alpha value is -0.780. The van der Waals surface area contributed by atoms with E-state index in [1.54, 1.807) is 0 Å². The molecular formula is C13H22. The summed E-state index contributed by atoms with van der Waals surface area (Å²) in [5.41, 5.74) is 4.11. The fourth-order valence-electron chi connectivity index (χ4n) is 1.53. The number of allylic oxidation sites excluding steroid dienone is 5. The van der Waals surface area contributed by atoms with Crippen LogP contribution in [0.4, 0.5) is 0 Å². The zero-order chi connectivity index (χ0) is 10.3. The Morgan fingerprint density at radius 2 is 1.92 bits per heavy atom. The van der Waals surface area contributed by atoms with Crippen LogP contribution in [0.15, 0.2) is 35.5 Å². The van der Waals surface area contributed by atoms with Crippen molar-refractivity contribution in [3.63, 3.8) is 0 Å². The molecule has 0 amide bonds. The summed E-state index contributed by atoms with van der Waals surface area (Å²) < 4.78 is 0. The Kier molecular flexibility index (Phi) is 6.30. The first-order chi connectivity index (χ1) is 6.17. The molecule has 0 fully saturated rings. The highest BCUT2D eigenvalue weighted by atomic mass is 14.1. The zero-order valence-corrected chi connectivity index (χ0v) is 9.48. The standard InChI is InChI=1S/C13H22/c1-6-9-12(8-3)13(10-7-2)11(4)5/h6,9H,4,7-8,10H2,1-3,5H3/b9-6-,13-12-. The third kappa shape index (κ3) is 4.12. The van der Waals surface area contributed by atoms with Crippen LogP contribution in [0.5, 0.6) is 0 Å². The van der Waals surface area contributed by atoms with Crippen LogP contribution in [0, 0.1) is 0 Å². The first-order valence-electron chi connectivity index (χ1n) is 5.17. The molecule has 0 aromatic carbocycles. The molecule has 0 spiro atoms. The summed E-state index contributed by atoms with van der Waals surface area (Å²) in [5.74, 6) is 0. The van der Waals surface area contributed by atoms with Gasteiger partial charge in [-0.05, 0) is 37.8 Å². The molecule has 0 aromatic heterocycles. The highest BCUT2D eigenvalue weighted by molar-refractivity contribution is 5.37. The van der Waals surface area contributed by atoms with E-state index in [1.165, 1.54) is 23.1 Å². The Labute approximate surface area is 83.0 Å². The molecule has 0 atom stereocenters. The molecule has 0 aliphatic heterocycles. The lowest BCUT2D eigenvalue weighted by Gasteiger charge is -2.10. The highest BCUT2D eigenvalue weighted by Gasteiger charge is 2.02. The van der Waals surface area contributed by atoms with Gasteiger partial charge >= 0.3 is 0 Å². The first-order valence-corrected chi connectivity index (χ1v) is 5.17. The molecule has 0 aliphatic carbocycles. The lowest BCUT2D eigenvalue weighted by atomic mass is 9.96. The van der Waals surface area contributed by atoms with Crippen molar-refractivity contribution in [2.45, 2.75) is 47.0 Å². The lowest BCUT2D eigenvalue weighted by molar-refractivity contribution is 0.891. The van der Waals surface area contributed by atoms with E-state index < -0.39 is 0 Å². The van der Waals surface area contributed by atoms with Crippen molar-refractivity contribution in [3.8, 4) is 0 Å². The second-order valence-corrected chi connectivity index (χ2v) is 3.39. The fourth-order valence-corrected chi connectivity index (χ4v) is 1.53. The summed E-state index contributed by atoms with van der Waals surface area (Å²) >= 11 is 0. The molecule has 0 heterocycles. The molecule has 0 nitrogen and oxygen atoms in total. The van der Waals surface area contributed by atoms with Crippen LogP contribution in [-0.4, -0.2) is 0 Å². The van der Waals surface area contributed by atoms with Crippen molar-refractivity contribution < 1.29 is 0 Å². The summed E-state index contributed by atoms with van der Waals surface area (Å²) in [6, 6.07) is 0. The third-order valence-electron chi connectivity index (χ3n) is 2.15. The number of hydrogen-bond donors (Lipinski definition) is 0. The van der Waals surface area contributed by atoms with Gasteiger partial charge in [-0.3, -0.25) is 0 Å². The van der Waals surface area contributed by atoms with E-state index in [1.807, 2.05) is 0 Å². The quantitative estimate of drug-likeness (QED) is 0.538. The van der Waals surface area contributed by atoms with Gasteiger partial charge in [-0.2, -0.15) is 0 Å². The second kappa shape index (κ2) is 6.71. The molecule has 0 bridgehead atoms. The minimum absolute atomic E-state index is 1.10. The minimum Gasteiger partial charge on any atom is -0.0958 e. The van der Waals surface area contributed by atoms with E-state index in [9.17, 15) is 0 Å². The molecule has 0 unspecified atom stereocenters. The normalized spacial score (nSPS) is 13.2. The van der Waals surface area contributed by atoms with Gasteiger partial charge in [0, 0.05) is 0 Å². The average molecular weight is 178 g/mol. The minimum atomic E-state index is 1.10. The van der Waals surface area contributed by atoms with Gasteiger partial charge in [0.2, 0.25) is 0 Å². The van der Waals surface area contributed by atoms with Crippen LogP contribution >= 0.6 is 0 Å². The Bertz CT molecular complexity index is 216. The van der Waals surface area contributed by atoms with Gasteiger partial charge in [-0.15, -0.1) is 0 Å². The van der Waals surface area contributed by atoms with Gasteiger partial charge in [0.1, 0.15) is 0 Å². The molecule has 0 radical (unpaired) electrons. The maximum atomic E-state index is 4.03. The SMILES string of the molecule is C=C(C)/C(CCC)=C(\C=C/C)CC. The van der Waals surface area contributed by atoms with Gasteiger partial charge in [-0.25, -0.2) is 0 Å². The molecule has 0 rings (SSSR count). The molecular weight excluding hydrogens is 156 g/mol. The van der Waals surface area contributed by atoms with Gasteiger partial charge in [-0.1, -0.05) is 44.6 Å². The predicted molar refractivity (Wildman–Crippen MR) is 61.9 cm³/mol. The van der Waals surface area contributed by atoms with Crippen molar-refractivity contribution in [1.29, 1.82) is 0 Å². The lowest BCUT2D eigenvalue weighted by Crippen LogP contribution is -1.90. The summed E-state index contributed by atoms with van der Waals surface area (Å²) in [4.78, 5) is 0. The zero-order valence-electron chi connectivity index (χ0n) is 9.48. The Morgan fingerprint density at radius 3 is 2.23 bits per heavy atom. The first kappa shape index (κ1) is 12.2. The largest absolute Gasteiger partial charge is 0.0958 e. The van der Waals surface area contributed by atoms with E-state index in [0.29, 0.717) is 0 Å². The van der Waals surface area contributed by atoms with Gasteiger partial charge in [0.05, 0.1) is 0 Å². The molecule has 74 valence electrons. The van der Waals surface area contributed by atoms with Crippen LogP contribution in [-0.2, 0) is 0 Å². The maximum absolute atomic E-state index is 4.03. The van der Waals surface area contributed by atoms with Gasteiger partial charge in [0.25, 0.3) is 0 Å². The van der Waals surface area contributed by atoms with E-state index in [-0.39, 0.29) is 0 Å². The predicted octanol–water partition coefficient (Wildman–Crippen LogP) is 4.65. The molecule has 0 heteroatoms. The summed E-state index contributed by atoms with van der Waals surface area (Å²) in [6.07, 6.45) is 7.77. The van der Waals surface area contributed by atoms with Crippen molar-refractivity contribution in [1.82, 2.24) is 0 Å². The smallest absolute Gasteiger partial charge is 0.0276 e. The third-order valence-corrected chi connectivity index (χ3v) is 2.15. The van der Waals surface area contributed by atoms with E-state index in [0.717, 1.165) is 12.8 Å². The van der Waals surface area contributed by atoms with Crippen molar-refractivity contribution in [3.05, 3.63) is 35.5 Å². The highest BCUT2D eigenvalue weighted by Crippen LogP contribution is 2.21. The molecule has 0 saturated carbocycles. The summed E-state index contributed by atoms with van der Waals surface area (Å²) in [7, 11) is 0. The van der Waals surface area contributed by atoms with Crippen molar-refractivity contribution in [2.75, 3.05) is 0 Å². The topological polar surface area (TPSA) is 0 Å². The Balaban J connectivity index is 4.88. The van der Waals surface area contributed by atoms with Crippen LogP contribution in [0.1, 0.15) is 47.0 Å². The Morgan fingerprint density at radius 1 is 1.31 bits per heavy atom. The van der Waals surface area contributed by atoms with E-state index >= 15 is 0 Å².